The molecule has 31 heavy (non-hydrogen) atoms. The maximum atomic E-state index is 13.9. The lowest BCUT2D eigenvalue weighted by molar-refractivity contribution is -0.265. The molecule has 1 aromatic heterocycles. The maximum Gasteiger partial charge on any atom is 0.433 e. The lowest BCUT2D eigenvalue weighted by Gasteiger charge is -2.38. The number of hydrogen-bond acceptors (Lipinski definition) is 7. The summed E-state index contributed by atoms with van der Waals surface area (Å²) in [5.41, 5.74) is -1.06. The third kappa shape index (κ3) is 5.25. The van der Waals surface area contributed by atoms with E-state index in [2.05, 4.69) is 5.10 Å². The first-order chi connectivity index (χ1) is 14.2. The van der Waals surface area contributed by atoms with Crippen LogP contribution in [0.2, 0.25) is 0 Å². The van der Waals surface area contributed by atoms with E-state index in [-0.39, 0.29) is 17.5 Å². The fourth-order valence-corrected chi connectivity index (χ4v) is 3.04. The number of aromatic amines is 1. The van der Waals surface area contributed by atoms with Crippen molar-refractivity contribution in [1.29, 1.82) is 0 Å². The lowest BCUT2D eigenvalue weighted by atomic mass is 10.0. The number of hydrogen-bond donors (Lipinski definition) is 4. The predicted molar refractivity (Wildman–Crippen MR) is 96.3 cm³/mol. The van der Waals surface area contributed by atoms with E-state index in [1.165, 1.54) is 7.11 Å². The number of benzene rings is 1. The Kier molecular flexibility index (Phi) is 7.83. The summed E-state index contributed by atoms with van der Waals surface area (Å²) < 4.78 is 69.5. The first kappa shape index (κ1) is 24.8. The molecule has 1 aliphatic rings. The minimum absolute atomic E-state index is 0. The highest BCUT2D eigenvalue weighted by Gasteiger charge is 2.47. The summed E-state index contributed by atoms with van der Waals surface area (Å²) in [6.07, 6.45) is -14.3. The van der Waals surface area contributed by atoms with Crippen LogP contribution in [-0.4, -0.2) is 75.5 Å². The van der Waals surface area contributed by atoms with E-state index in [0.29, 0.717) is 11.3 Å². The van der Waals surface area contributed by atoms with E-state index in [1.807, 2.05) is 5.10 Å². The predicted octanol–water partition coefficient (Wildman–Crippen LogP) is 0.359. The van der Waals surface area contributed by atoms with Crippen LogP contribution in [0.5, 0.6) is 11.6 Å². The number of H-pyrrole nitrogens is 1. The zero-order valence-electron chi connectivity index (χ0n) is 16.1. The summed E-state index contributed by atoms with van der Waals surface area (Å²) in [5, 5.41) is 34.3. The highest BCUT2D eigenvalue weighted by Crippen LogP contribution is 2.37. The number of aromatic nitrogens is 2. The zero-order valence-corrected chi connectivity index (χ0v) is 16.1. The second kappa shape index (κ2) is 9.78. The van der Waals surface area contributed by atoms with Crippen molar-refractivity contribution < 1.29 is 52.6 Å². The summed E-state index contributed by atoms with van der Waals surface area (Å²) >= 11 is 0. The minimum atomic E-state index is -4.78. The zero-order chi connectivity index (χ0) is 22.1. The first-order valence-corrected chi connectivity index (χ1v) is 8.86. The standard InChI is InChI=1S/C18H20F4N2O6.H2O/c1-28-9-4-2-8(3-5-9)6-10-15(18(20,21)22)23-24-16(10)30-17-14(27)13(26)12(19)11(7-25)29-17;/h2-5,11-14,17,25-27H,6-7H2,1H3,(H,23,24);1H2/t11-,12-,13+,14-,17+;/m1./s1. The van der Waals surface area contributed by atoms with Crippen LogP contribution in [0.25, 0.3) is 0 Å². The van der Waals surface area contributed by atoms with Gasteiger partial charge in [0.25, 0.3) is 0 Å². The Labute approximate surface area is 173 Å². The van der Waals surface area contributed by atoms with Gasteiger partial charge in [0, 0.05) is 6.42 Å². The summed E-state index contributed by atoms with van der Waals surface area (Å²) in [4.78, 5) is 0. The molecule has 13 heteroatoms. The van der Waals surface area contributed by atoms with Crippen molar-refractivity contribution in [2.24, 2.45) is 0 Å². The van der Waals surface area contributed by atoms with Crippen molar-refractivity contribution in [3.05, 3.63) is 41.1 Å². The molecule has 174 valence electrons. The molecule has 0 saturated carbocycles. The van der Waals surface area contributed by atoms with Crippen molar-refractivity contribution in [3.63, 3.8) is 0 Å². The van der Waals surface area contributed by atoms with E-state index in [0.717, 1.165) is 0 Å². The number of ether oxygens (including phenoxy) is 3. The van der Waals surface area contributed by atoms with Gasteiger partial charge in [-0.15, -0.1) is 5.10 Å². The molecule has 0 radical (unpaired) electrons. The van der Waals surface area contributed by atoms with Gasteiger partial charge in [0.15, 0.2) is 6.17 Å². The summed E-state index contributed by atoms with van der Waals surface area (Å²) in [5.74, 6) is -0.0228. The first-order valence-electron chi connectivity index (χ1n) is 8.86. The Bertz CT molecular complexity index is 844. The minimum Gasteiger partial charge on any atom is -0.497 e. The van der Waals surface area contributed by atoms with Gasteiger partial charge >= 0.3 is 6.18 Å². The van der Waals surface area contributed by atoms with E-state index >= 15 is 0 Å². The molecule has 1 aliphatic heterocycles. The maximum absolute atomic E-state index is 13.9. The Hall–Kier alpha value is -2.45. The van der Waals surface area contributed by atoms with Crippen LogP contribution in [0.4, 0.5) is 17.6 Å². The van der Waals surface area contributed by atoms with E-state index in [1.54, 1.807) is 24.3 Å². The average Bonchev–Trinajstić information content (AvgIpc) is 3.11. The normalized spacial score (nSPS) is 26.3. The Morgan fingerprint density at radius 1 is 1.16 bits per heavy atom. The van der Waals surface area contributed by atoms with E-state index in [9.17, 15) is 27.8 Å². The Morgan fingerprint density at radius 2 is 1.81 bits per heavy atom. The van der Waals surface area contributed by atoms with Gasteiger partial charge in [-0.25, -0.2) is 4.39 Å². The monoisotopic (exact) mass is 454 g/mol. The van der Waals surface area contributed by atoms with Crippen LogP contribution < -0.4 is 9.47 Å². The van der Waals surface area contributed by atoms with Gasteiger partial charge in [-0.05, 0) is 17.7 Å². The molecule has 1 aromatic carbocycles. The molecule has 0 aliphatic carbocycles. The average molecular weight is 454 g/mol. The number of aliphatic hydroxyl groups is 3. The molecule has 0 unspecified atom stereocenters. The number of rotatable bonds is 6. The molecule has 0 amide bonds. The molecule has 0 spiro atoms. The van der Waals surface area contributed by atoms with Gasteiger partial charge in [0.2, 0.25) is 12.2 Å². The second-order valence-electron chi connectivity index (χ2n) is 6.67. The topological polar surface area (TPSA) is 149 Å². The van der Waals surface area contributed by atoms with Crippen molar-refractivity contribution in [2.45, 2.75) is 43.4 Å². The third-order valence-electron chi connectivity index (χ3n) is 4.68. The molecule has 3 rings (SSSR count). The molecule has 0 bridgehead atoms. The molecule has 1 fully saturated rings. The van der Waals surface area contributed by atoms with Crippen LogP contribution in [0.1, 0.15) is 16.8 Å². The van der Waals surface area contributed by atoms with Crippen molar-refractivity contribution in [3.8, 4) is 11.6 Å². The number of nitrogens with one attached hydrogen (secondary N) is 1. The number of methoxy groups -OCH3 is 1. The molecular weight excluding hydrogens is 432 g/mol. The third-order valence-corrected chi connectivity index (χ3v) is 4.68. The van der Waals surface area contributed by atoms with Gasteiger partial charge < -0.3 is 35.0 Å². The summed E-state index contributed by atoms with van der Waals surface area (Å²) in [7, 11) is 1.45. The number of halogens is 4. The highest BCUT2D eigenvalue weighted by molar-refractivity contribution is 5.39. The van der Waals surface area contributed by atoms with Gasteiger partial charge in [0.05, 0.1) is 19.3 Å². The van der Waals surface area contributed by atoms with Crippen LogP contribution >= 0.6 is 0 Å². The number of aliphatic hydroxyl groups excluding tert-OH is 3. The van der Waals surface area contributed by atoms with E-state index < -0.39 is 55.1 Å². The molecule has 2 aromatic rings. The molecule has 9 nitrogen and oxygen atoms in total. The quantitative estimate of drug-likeness (QED) is 0.461. The number of alkyl halides is 4. The van der Waals surface area contributed by atoms with E-state index in [4.69, 9.17) is 19.3 Å². The molecule has 5 atom stereocenters. The molecular formula is C18H22F4N2O7. The highest BCUT2D eigenvalue weighted by atomic mass is 19.4. The van der Waals surface area contributed by atoms with Gasteiger partial charge in [-0.3, -0.25) is 5.10 Å². The molecule has 1 saturated heterocycles. The van der Waals surface area contributed by atoms with Crippen LogP contribution in [-0.2, 0) is 17.3 Å². The summed E-state index contributed by atoms with van der Waals surface area (Å²) in [6.45, 7) is -0.835. The van der Waals surface area contributed by atoms with Crippen molar-refractivity contribution in [1.82, 2.24) is 10.2 Å². The van der Waals surface area contributed by atoms with Crippen LogP contribution in [0, 0.1) is 0 Å². The van der Waals surface area contributed by atoms with Gasteiger partial charge in [0.1, 0.15) is 29.8 Å². The molecule has 2 heterocycles. The Morgan fingerprint density at radius 3 is 2.35 bits per heavy atom. The van der Waals surface area contributed by atoms with Crippen LogP contribution in [0.3, 0.4) is 0 Å². The molecule has 6 N–H and O–H groups in total. The summed E-state index contributed by atoms with van der Waals surface area (Å²) in [6, 6.07) is 6.25. The van der Waals surface area contributed by atoms with Crippen LogP contribution in [0.15, 0.2) is 24.3 Å². The smallest absolute Gasteiger partial charge is 0.433 e. The van der Waals surface area contributed by atoms with Gasteiger partial charge in [-0.2, -0.15) is 13.2 Å². The fraction of sp³-hybridized carbons (Fsp3) is 0.500. The SMILES string of the molecule is COc1ccc(Cc2c(O[C@@H]3O[C@H](CO)[C@@H](F)[C@H](O)[C@H]3O)n[nH]c2C(F)(F)F)cc1.O. The van der Waals surface area contributed by atoms with Gasteiger partial charge in [-0.1, -0.05) is 12.1 Å². The van der Waals surface area contributed by atoms with Crippen molar-refractivity contribution >= 4 is 0 Å². The lowest BCUT2D eigenvalue weighted by Crippen LogP contribution is -2.58. The second-order valence-corrected chi connectivity index (χ2v) is 6.67. The fourth-order valence-electron chi connectivity index (χ4n) is 3.04. The number of nitrogens with zero attached hydrogens (tertiary/aromatic N) is 1. The largest absolute Gasteiger partial charge is 0.497 e. The Balaban J connectivity index is 0.00000341. The van der Waals surface area contributed by atoms with Crippen molar-refractivity contribution in [2.75, 3.05) is 13.7 Å².